The largest absolute Gasteiger partial charge is 0.507 e. The molecule has 0 aromatic rings. The van der Waals surface area contributed by atoms with Gasteiger partial charge < -0.3 is 15.3 Å². The molecule has 0 aromatic heterocycles. The predicted octanol–water partition coefficient (Wildman–Crippen LogP) is -0.715. The molecule has 1 aliphatic rings. The Balaban J connectivity index is 3.11. The van der Waals surface area contributed by atoms with Crippen LogP contribution in [0.25, 0.3) is 0 Å². The van der Waals surface area contributed by atoms with Crippen molar-refractivity contribution in [2.75, 3.05) is 0 Å². The third kappa shape index (κ3) is 2.07. The average molecular weight is 208 g/mol. The third-order valence-electron chi connectivity index (χ3n) is 1.59. The highest BCUT2D eigenvalue weighted by molar-refractivity contribution is 7.89. The minimum Gasteiger partial charge on any atom is -0.507 e. The molecule has 1 aliphatic carbocycles. The van der Waals surface area contributed by atoms with Gasteiger partial charge in [0, 0.05) is 6.42 Å². The van der Waals surface area contributed by atoms with Crippen LogP contribution < -0.4 is 0 Å². The summed E-state index contributed by atoms with van der Waals surface area (Å²) in [6.07, 6.45) is 0.927. The van der Waals surface area contributed by atoms with Crippen LogP contribution in [0.4, 0.5) is 0 Å². The summed E-state index contributed by atoms with van der Waals surface area (Å²) in [5, 5.41) is 26.9. The topological polar surface area (TPSA) is 115 Å². The van der Waals surface area contributed by atoms with Crippen LogP contribution in [0.1, 0.15) is 6.42 Å². The molecule has 74 valence electrons. The molecule has 0 bridgehead atoms. The van der Waals surface area contributed by atoms with Crippen molar-refractivity contribution >= 4 is 10.1 Å². The maximum absolute atomic E-state index is 10.5. The molecule has 0 unspecified atom stereocenters. The Hall–Kier alpha value is -0.890. The Bertz CT molecular complexity index is 374. The second-order valence-corrected chi connectivity index (χ2v) is 4.13. The van der Waals surface area contributed by atoms with Crippen molar-refractivity contribution in [1.82, 2.24) is 0 Å². The lowest BCUT2D eigenvalue weighted by Crippen LogP contribution is -2.34. The van der Waals surface area contributed by atoms with Crippen molar-refractivity contribution in [2.45, 2.75) is 12.2 Å². The Morgan fingerprint density at radius 1 is 1.31 bits per heavy atom. The Morgan fingerprint density at radius 2 is 1.85 bits per heavy atom. The maximum Gasteiger partial charge on any atom is 0.290 e. The molecule has 1 rings (SSSR count). The molecular weight excluding hydrogens is 200 g/mol. The average Bonchev–Trinajstić information content (AvgIpc) is 1.92. The smallest absolute Gasteiger partial charge is 0.290 e. The SMILES string of the molecule is O=S(=O)(O)C1=CC=C(O)C(O)(O)C1. The molecule has 0 saturated heterocycles. The van der Waals surface area contributed by atoms with Crippen LogP contribution in [0.5, 0.6) is 0 Å². The summed E-state index contributed by atoms with van der Waals surface area (Å²) < 4.78 is 29.6. The van der Waals surface area contributed by atoms with E-state index >= 15 is 0 Å². The van der Waals surface area contributed by atoms with Gasteiger partial charge in [-0.3, -0.25) is 4.55 Å². The molecule has 6 nitrogen and oxygen atoms in total. The van der Waals surface area contributed by atoms with Crippen molar-refractivity contribution in [1.29, 1.82) is 0 Å². The summed E-state index contributed by atoms with van der Waals surface area (Å²) >= 11 is 0. The molecule has 13 heavy (non-hydrogen) atoms. The van der Waals surface area contributed by atoms with Crippen LogP contribution in [0.2, 0.25) is 0 Å². The first kappa shape index (κ1) is 10.2. The fourth-order valence-corrected chi connectivity index (χ4v) is 1.50. The lowest BCUT2D eigenvalue weighted by molar-refractivity contribution is -0.150. The summed E-state index contributed by atoms with van der Waals surface area (Å²) in [5.41, 5.74) is 0. The van der Waals surface area contributed by atoms with E-state index in [1.54, 1.807) is 0 Å². The van der Waals surface area contributed by atoms with E-state index in [2.05, 4.69) is 0 Å². The summed E-state index contributed by atoms with van der Waals surface area (Å²) in [4.78, 5) is -0.560. The fourth-order valence-electron chi connectivity index (χ4n) is 0.875. The van der Waals surface area contributed by atoms with Crippen LogP contribution in [0.15, 0.2) is 22.8 Å². The predicted molar refractivity (Wildman–Crippen MR) is 42.1 cm³/mol. The van der Waals surface area contributed by atoms with E-state index in [-0.39, 0.29) is 0 Å². The van der Waals surface area contributed by atoms with E-state index in [4.69, 9.17) is 19.9 Å². The van der Waals surface area contributed by atoms with Crippen molar-refractivity contribution in [3.8, 4) is 0 Å². The summed E-state index contributed by atoms with van der Waals surface area (Å²) in [6, 6.07) is 0. The Morgan fingerprint density at radius 3 is 2.23 bits per heavy atom. The van der Waals surface area contributed by atoms with Crippen LogP contribution in [-0.2, 0) is 10.1 Å². The van der Waals surface area contributed by atoms with Gasteiger partial charge in [0.05, 0.1) is 4.91 Å². The van der Waals surface area contributed by atoms with E-state index < -0.39 is 33.0 Å². The van der Waals surface area contributed by atoms with E-state index in [0.29, 0.717) is 0 Å². The van der Waals surface area contributed by atoms with Gasteiger partial charge in [0.15, 0.2) is 5.76 Å². The highest BCUT2D eigenvalue weighted by Crippen LogP contribution is 2.27. The number of rotatable bonds is 1. The minimum absolute atomic E-state index is 0.560. The third-order valence-corrected chi connectivity index (χ3v) is 2.53. The van der Waals surface area contributed by atoms with Crippen LogP contribution >= 0.6 is 0 Å². The molecule has 4 N–H and O–H groups in total. The lowest BCUT2D eigenvalue weighted by atomic mass is 10.1. The summed E-state index contributed by atoms with van der Waals surface area (Å²) in [5.74, 6) is -3.39. The number of hydrogen-bond acceptors (Lipinski definition) is 5. The molecule has 0 atom stereocenters. The van der Waals surface area contributed by atoms with Gasteiger partial charge in [-0.1, -0.05) is 0 Å². The van der Waals surface area contributed by atoms with E-state index in [1.807, 2.05) is 0 Å². The number of aliphatic hydroxyl groups is 3. The second kappa shape index (κ2) is 2.81. The maximum atomic E-state index is 10.5. The lowest BCUT2D eigenvalue weighted by Gasteiger charge is -2.23. The van der Waals surface area contributed by atoms with Crippen molar-refractivity contribution in [2.24, 2.45) is 0 Å². The van der Waals surface area contributed by atoms with Gasteiger partial charge in [0.2, 0.25) is 5.79 Å². The second-order valence-electron chi connectivity index (χ2n) is 2.65. The monoisotopic (exact) mass is 208 g/mol. The molecule has 0 amide bonds. The van der Waals surface area contributed by atoms with Crippen molar-refractivity contribution in [3.05, 3.63) is 22.8 Å². The van der Waals surface area contributed by atoms with Gasteiger partial charge >= 0.3 is 0 Å². The van der Waals surface area contributed by atoms with Gasteiger partial charge in [-0.25, -0.2) is 0 Å². The minimum atomic E-state index is -4.43. The first-order valence-corrected chi connectivity index (χ1v) is 4.70. The van der Waals surface area contributed by atoms with Crippen LogP contribution in [0, 0.1) is 0 Å². The zero-order chi connectivity index (χ0) is 10.3. The molecule has 0 radical (unpaired) electrons. The van der Waals surface area contributed by atoms with Crippen molar-refractivity contribution < 1.29 is 28.3 Å². The highest BCUT2D eigenvalue weighted by atomic mass is 32.2. The van der Waals surface area contributed by atoms with E-state index in [0.717, 1.165) is 12.2 Å². The number of allylic oxidation sites excluding steroid dienone is 2. The van der Waals surface area contributed by atoms with Crippen LogP contribution in [0.3, 0.4) is 0 Å². The fraction of sp³-hybridized carbons (Fsp3) is 0.333. The first-order chi connectivity index (χ1) is 5.73. The summed E-state index contributed by atoms with van der Waals surface area (Å²) in [6.45, 7) is 0. The molecule has 7 heteroatoms. The van der Waals surface area contributed by atoms with Crippen LogP contribution in [-0.4, -0.2) is 34.1 Å². The summed E-state index contributed by atoms with van der Waals surface area (Å²) in [7, 11) is -4.43. The molecule has 0 heterocycles. The van der Waals surface area contributed by atoms with E-state index in [9.17, 15) is 8.42 Å². The number of aliphatic hydroxyl groups excluding tert-OH is 1. The first-order valence-electron chi connectivity index (χ1n) is 3.26. The molecule has 0 fully saturated rings. The van der Waals surface area contributed by atoms with Gasteiger partial charge in [-0.05, 0) is 12.2 Å². The van der Waals surface area contributed by atoms with Gasteiger partial charge in [-0.15, -0.1) is 0 Å². The van der Waals surface area contributed by atoms with Crippen molar-refractivity contribution in [3.63, 3.8) is 0 Å². The molecular formula is C6H8O6S. The molecule has 0 saturated carbocycles. The van der Waals surface area contributed by atoms with Gasteiger partial charge in [0.1, 0.15) is 0 Å². The van der Waals surface area contributed by atoms with Gasteiger partial charge in [-0.2, -0.15) is 8.42 Å². The van der Waals surface area contributed by atoms with Gasteiger partial charge in [0.25, 0.3) is 10.1 Å². The quantitative estimate of drug-likeness (QED) is 0.334. The highest BCUT2D eigenvalue weighted by Gasteiger charge is 2.35. The molecule has 0 aromatic carbocycles. The molecule has 0 spiro atoms. The zero-order valence-electron chi connectivity index (χ0n) is 6.38. The standard InChI is InChI=1S/C6H8O6S/c7-5-2-1-4(13(10,11)12)3-6(5,8)9/h1-2,7-9H,3H2,(H,10,11,12). The molecule has 0 aliphatic heterocycles. The number of hydrogen-bond donors (Lipinski definition) is 4. The Kier molecular flexibility index (Phi) is 2.20. The van der Waals surface area contributed by atoms with E-state index in [1.165, 1.54) is 0 Å². The Labute approximate surface area is 74.2 Å². The normalized spacial score (nSPS) is 22.1. The zero-order valence-corrected chi connectivity index (χ0v) is 7.19.